The average molecular weight is 1570 g/mol. The number of hydrogen-bond acceptors (Lipinski definition) is 16. The van der Waals surface area contributed by atoms with Gasteiger partial charge in [0.25, 0.3) is 10.1 Å². The summed E-state index contributed by atoms with van der Waals surface area (Å²) in [6, 6.07) is 35.9. The Kier molecular flexibility index (Phi) is 63.0. The third-order valence-electron chi connectivity index (χ3n) is 10.2. The molecule has 2 aromatic carbocycles. The standard InChI is InChI=1S/2C14H22O3S.2C10H8N2.C4H8O.C2H4Cl2.6CHO.2Re/c2*1-11(9-10-14(2,3)4)12-5-7-13(8-6-12)18(15,16)17;2*1-3-7-11-9(5-1)10-6-2-4-8-12-10;1-2-4-5-3-1;3-1-2-4;6*1-2;;/h2*5-8,11H,9-10H2,1-4H3,(H,15,16,17);2*1-8H;1-4H2;1-2H2;6*1H;;/q;;;;;;6*-1;;/p-1. The molecule has 1 N–H and O–H groups in total. The van der Waals surface area contributed by atoms with Gasteiger partial charge in [0, 0.05) is 90.6 Å². The molecule has 2 atom stereocenters. The van der Waals surface area contributed by atoms with E-state index < -0.39 is 20.2 Å². The summed E-state index contributed by atoms with van der Waals surface area (Å²) in [6.45, 7) is 39.0. The minimum Gasteiger partial charge on any atom is -0.744 e. The van der Waals surface area contributed by atoms with Crippen LogP contribution in [0.4, 0.5) is 0 Å². The van der Waals surface area contributed by atoms with Crippen molar-refractivity contribution in [2.24, 2.45) is 10.8 Å². The summed E-state index contributed by atoms with van der Waals surface area (Å²) in [5, 5.41) is 0. The van der Waals surface area contributed by atoms with E-state index in [0.29, 0.717) is 34.4 Å². The number of alkyl halides is 2. The van der Waals surface area contributed by atoms with E-state index in [4.69, 9.17) is 61.3 Å². The van der Waals surface area contributed by atoms with E-state index >= 15 is 0 Å². The Balaban J connectivity index is -0.000000167. The Morgan fingerprint density at radius 1 is 0.482 bits per heavy atom. The SMILES string of the molecule is C1CCOC1.CC(CCC(C)(C)C)c1ccc(S(=O)(=O)O)cc1.CC(CCC(C)(C)C)c1ccc(S(=O)(=O)[O-])cc1.ClCCCl.[CH-]=O.[CH-]=O.[CH-]=O.[CH-]=O.[CH-]=O.[CH-]=O.[Re].[Re].c1ccc(-c2ccccn2)nc1.c1ccc(-c2ccccn2)nc1. The maximum Gasteiger partial charge on any atom is 0.294 e. The predicted molar refractivity (Wildman–Crippen MR) is 322 cm³/mol. The molecule has 462 valence electrons. The van der Waals surface area contributed by atoms with Crippen LogP contribution in [0.1, 0.15) is 117 Å². The van der Waals surface area contributed by atoms with E-state index in [1.54, 1.807) is 49.1 Å². The first-order valence-electron chi connectivity index (χ1n) is 24.4. The van der Waals surface area contributed by atoms with Crippen molar-refractivity contribution in [2.45, 2.75) is 116 Å². The van der Waals surface area contributed by atoms with Crippen LogP contribution in [0, 0.1) is 10.8 Å². The van der Waals surface area contributed by atoms with Crippen LogP contribution in [-0.4, -0.2) is 112 Å². The molecule has 6 aromatic rings. The van der Waals surface area contributed by atoms with Crippen LogP contribution in [0.25, 0.3) is 22.8 Å². The van der Waals surface area contributed by atoms with Crippen molar-refractivity contribution in [2.75, 3.05) is 25.0 Å². The first-order chi connectivity index (χ1) is 38.5. The summed E-state index contributed by atoms with van der Waals surface area (Å²) in [5.74, 6) is 1.87. The minimum atomic E-state index is -4.33. The molecule has 2 unspecified atom stereocenters. The van der Waals surface area contributed by atoms with E-state index in [2.05, 4.69) is 116 Å². The van der Waals surface area contributed by atoms with Crippen molar-refractivity contribution in [3.63, 3.8) is 0 Å². The van der Waals surface area contributed by atoms with Crippen molar-refractivity contribution in [1.29, 1.82) is 0 Å². The van der Waals surface area contributed by atoms with Crippen LogP contribution in [0.5, 0.6) is 0 Å². The fourth-order valence-electron chi connectivity index (χ4n) is 6.13. The molecule has 83 heavy (non-hydrogen) atoms. The molecule has 1 aliphatic heterocycles. The van der Waals surface area contributed by atoms with Gasteiger partial charge in [-0.3, -0.25) is 65.2 Å². The number of nitrogens with zero attached hydrogens (tertiary/aromatic N) is 4. The van der Waals surface area contributed by atoms with Crippen molar-refractivity contribution in [1.82, 2.24) is 19.9 Å². The first-order valence-corrected chi connectivity index (χ1v) is 28.3. The number of pyridine rings is 4. The van der Waals surface area contributed by atoms with E-state index in [1.165, 1.54) is 37.1 Å². The van der Waals surface area contributed by atoms with Gasteiger partial charge in [0.15, 0.2) is 0 Å². The fraction of sp³-hybridized carbons (Fsp3) is 0.367. The van der Waals surface area contributed by atoms with Gasteiger partial charge in [0.05, 0.1) is 32.6 Å². The molecule has 2 radical (unpaired) electrons. The summed E-state index contributed by atoms with van der Waals surface area (Å²) in [7, 11) is -8.41. The zero-order chi connectivity index (χ0) is 63.4. The molecule has 7 rings (SSSR count). The van der Waals surface area contributed by atoms with E-state index in [-0.39, 0.29) is 50.6 Å². The monoisotopic (exact) mass is 1570 g/mol. The summed E-state index contributed by atoms with van der Waals surface area (Å²) < 4.78 is 68.1. The molecule has 0 amide bonds. The number of ether oxygens (including phenoxy) is 1. The van der Waals surface area contributed by atoms with Gasteiger partial charge in [-0.2, -0.15) is 8.42 Å². The Morgan fingerprint density at radius 3 is 0.904 bits per heavy atom. The van der Waals surface area contributed by atoms with Gasteiger partial charge in [0.2, 0.25) is 0 Å². The number of carbonyl (C=O) groups excluding carboxylic acids is 6. The Morgan fingerprint density at radius 2 is 0.735 bits per heavy atom. The van der Waals surface area contributed by atoms with Gasteiger partial charge in [-0.15, -0.1) is 23.2 Å². The van der Waals surface area contributed by atoms with Crippen LogP contribution in [0.3, 0.4) is 0 Å². The third kappa shape index (κ3) is 49.8. The smallest absolute Gasteiger partial charge is 0.294 e. The van der Waals surface area contributed by atoms with Crippen molar-refractivity contribution in [3.05, 3.63) is 157 Å². The van der Waals surface area contributed by atoms with Gasteiger partial charge in [-0.25, -0.2) is 8.42 Å². The predicted octanol–water partition coefficient (Wildman–Crippen LogP) is 12.3. The molecule has 17 nitrogen and oxygen atoms in total. The van der Waals surface area contributed by atoms with Crippen molar-refractivity contribution >= 4 is 84.2 Å². The molecule has 5 heterocycles. The zero-order valence-electron chi connectivity index (χ0n) is 48.0. The van der Waals surface area contributed by atoms with Crippen LogP contribution in [-0.2, 0) is 94.6 Å². The van der Waals surface area contributed by atoms with Gasteiger partial charge >= 0.3 is 0 Å². The van der Waals surface area contributed by atoms with Gasteiger partial charge in [-0.1, -0.05) is 104 Å². The zero-order valence-corrected chi connectivity index (χ0v) is 56.6. The Bertz CT molecular complexity index is 2350. The van der Waals surface area contributed by atoms with E-state index in [9.17, 15) is 21.4 Å². The number of aromatic nitrogens is 4. The number of hydrogen-bond donors (Lipinski definition) is 1. The van der Waals surface area contributed by atoms with Crippen LogP contribution < -0.4 is 0 Å². The van der Waals surface area contributed by atoms with Gasteiger partial charge < -0.3 is 38.1 Å². The first kappa shape index (κ1) is 91.5. The Hall–Kier alpha value is -5.26. The fourth-order valence-corrected chi connectivity index (χ4v) is 7.08. The molecule has 0 bridgehead atoms. The molecule has 0 saturated carbocycles. The second-order valence-electron chi connectivity index (χ2n) is 18.6. The second-order valence-corrected chi connectivity index (χ2v) is 22.2. The number of rotatable bonds is 11. The minimum absolute atomic E-state index is 0. The maximum atomic E-state index is 10.9. The molecule has 0 spiro atoms. The summed E-state index contributed by atoms with van der Waals surface area (Å²) in [5.41, 5.74) is 6.44. The summed E-state index contributed by atoms with van der Waals surface area (Å²) >= 11 is 10.1. The normalized spacial score (nSPS) is 11.2. The van der Waals surface area contributed by atoms with Crippen LogP contribution in [0.15, 0.2) is 156 Å². The largest absolute Gasteiger partial charge is 0.744 e. The van der Waals surface area contributed by atoms with Crippen molar-refractivity contribution in [3.8, 4) is 22.8 Å². The number of halogens is 2. The third-order valence-corrected chi connectivity index (χ3v) is 12.5. The summed E-state index contributed by atoms with van der Waals surface area (Å²) in [6.07, 6.45) is 14.0. The average Bonchev–Trinajstić information content (AvgIpc) is 4.12. The quantitative estimate of drug-likeness (QED) is 0.0546. The molecule has 23 heteroatoms. The molecule has 1 fully saturated rings. The maximum absolute atomic E-state index is 10.9. The van der Waals surface area contributed by atoms with Crippen molar-refractivity contribution < 1.29 is 100 Å². The molecule has 4 aromatic heterocycles. The van der Waals surface area contributed by atoms with Crippen LogP contribution in [0.2, 0.25) is 0 Å². The molecular weight excluding hydrogens is 1490 g/mol. The van der Waals surface area contributed by atoms with Gasteiger partial charge in [-0.05, 0) is 145 Å². The molecular formula is C60H77Cl2N4O13Re2S2-7. The van der Waals surface area contributed by atoms with Crippen LogP contribution >= 0.6 is 23.2 Å². The molecule has 1 saturated heterocycles. The molecule has 0 aliphatic carbocycles. The Labute approximate surface area is 531 Å². The topological polar surface area (TPSA) is 275 Å². The van der Waals surface area contributed by atoms with E-state index in [1.807, 2.05) is 72.8 Å². The van der Waals surface area contributed by atoms with E-state index in [0.717, 1.165) is 72.8 Å². The summed E-state index contributed by atoms with van der Waals surface area (Å²) in [4.78, 5) is 63.0. The second kappa shape index (κ2) is 57.2. The molecule has 1 aliphatic rings. The van der Waals surface area contributed by atoms with Gasteiger partial charge in [0.1, 0.15) is 10.1 Å². The number of benzene rings is 2.